The van der Waals surface area contributed by atoms with Crippen LogP contribution in [0.4, 0.5) is 4.79 Å². The first kappa shape index (κ1) is 27.3. The number of thioether (sulfide) groups is 1. The number of benzene rings is 3. The first-order valence-corrected chi connectivity index (χ1v) is 13.5. The van der Waals surface area contributed by atoms with Crippen LogP contribution in [0.25, 0.3) is 6.08 Å². The fourth-order valence-electron chi connectivity index (χ4n) is 3.45. The molecule has 1 aliphatic rings. The standard InChI is InChI=1S/C27H20BrCl2NO5S/c1-2-35-24-11-16(3-10-23(24)36-15-18-6-9-20(29)13-21(18)30)12-25-26(33)31(27(34)37-25)14-22(32)17-4-7-19(28)8-5-17/h3-13H,2,14-15H2,1H3/b25-12+. The van der Waals surface area contributed by atoms with Gasteiger partial charge in [-0.1, -0.05) is 63.4 Å². The zero-order valence-corrected chi connectivity index (χ0v) is 23.4. The molecule has 1 fully saturated rings. The Hall–Kier alpha value is -2.78. The zero-order chi connectivity index (χ0) is 26.5. The Balaban J connectivity index is 1.49. The number of hydrogen-bond donors (Lipinski definition) is 0. The van der Waals surface area contributed by atoms with E-state index in [2.05, 4.69) is 15.9 Å². The molecule has 3 aromatic carbocycles. The fourth-order valence-corrected chi connectivity index (χ4v) is 5.02. The third-order valence-electron chi connectivity index (χ3n) is 5.31. The number of rotatable bonds is 9. The molecule has 1 heterocycles. The van der Waals surface area contributed by atoms with Gasteiger partial charge in [-0.2, -0.15) is 0 Å². The van der Waals surface area contributed by atoms with Gasteiger partial charge < -0.3 is 9.47 Å². The van der Waals surface area contributed by atoms with Gasteiger partial charge in [0.2, 0.25) is 0 Å². The first-order valence-electron chi connectivity index (χ1n) is 11.1. The average Bonchev–Trinajstić information content (AvgIpc) is 3.12. The van der Waals surface area contributed by atoms with Gasteiger partial charge in [0.05, 0.1) is 18.1 Å². The van der Waals surface area contributed by atoms with E-state index in [1.165, 1.54) is 0 Å². The summed E-state index contributed by atoms with van der Waals surface area (Å²) in [5.74, 6) is 0.136. The highest BCUT2D eigenvalue weighted by molar-refractivity contribution is 9.10. The molecule has 190 valence electrons. The normalized spacial score (nSPS) is 14.4. The van der Waals surface area contributed by atoms with Crippen LogP contribution >= 0.6 is 50.9 Å². The van der Waals surface area contributed by atoms with Gasteiger partial charge in [0.15, 0.2) is 17.3 Å². The van der Waals surface area contributed by atoms with Gasteiger partial charge in [0.25, 0.3) is 11.1 Å². The van der Waals surface area contributed by atoms with Gasteiger partial charge in [-0.05, 0) is 66.7 Å². The summed E-state index contributed by atoms with van der Waals surface area (Å²) >= 11 is 16.3. The van der Waals surface area contributed by atoms with Gasteiger partial charge in [-0.15, -0.1) is 0 Å². The number of amides is 2. The molecule has 0 aromatic heterocycles. The highest BCUT2D eigenvalue weighted by Gasteiger charge is 2.36. The number of imide groups is 1. The quantitative estimate of drug-likeness (QED) is 0.181. The summed E-state index contributed by atoms with van der Waals surface area (Å²) in [6.07, 6.45) is 1.59. The summed E-state index contributed by atoms with van der Waals surface area (Å²) in [5.41, 5.74) is 1.83. The molecule has 0 unspecified atom stereocenters. The number of ketones is 1. The molecule has 6 nitrogen and oxygen atoms in total. The SMILES string of the molecule is CCOc1cc(/C=C2/SC(=O)N(CC(=O)c3ccc(Br)cc3)C2=O)ccc1OCc1ccc(Cl)cc1Cl. The molecule has 4 rings (SSSR count). The lowest BCUT2D eigenvalue weighted by Crippen LogP contribution is -2.33. The van der Waals surface area contributed by atoms with E-state index in [4.69, 9.17) is 32.7 Å². The van der Waals surface area contributed by atoms with Crippen LogP contribution in [0.2, 0.25) is 10.0 Å². The second kappa shape index (κ2) is 12.2. The molecule has 0 N–H and O–H groups in total. The van der Waals surface area contributed by atoms with Crippen molar-refractivity contribution in [2.45, 2.75) is 13.5 Å². The van der Waals surface area contributed by atoms with Crippen molar-refractivity contribution in [1.82, 2.24) is 4.90 Å². The molecule has 37 heavy (non-hydrogen) atoms. The van der Waals surface area contributed by atoms with Crippen LogP contribution in [0, 0.1) is 0 Å². The number of carbonyl (C=O) groups excluding carboxylic acids is 3. The van der Waals surface area contributed by atoms with Crippen molar-refractivity contribution in [3.63, 3.8) is 0 Å². The second-order valence-electron chi connectivity index (χ2n) is 7.86. The number of nitrogens with zero attached hydrogens (tertiary/aromatic N) is 1. The van der Waals surface area contributed by atoms with Crippen LogP contribution in [0.1, 0.15) is 28.4 Å². The molecule has 3 aromatic rings. The third kappa shape index (κ3) is 6.76. The van der Waals surface area contributed by atoms with E-state index in [1.807, 2.05) is 6.92 Å². The van der Waals surface area contributed by atoms with Crippen molar-refractivity contribution < 1.29 is 23.9 Å². The lowest BCUT2D eigenvalue weighted by molar-refractivity contribution is -0.122. The van der Waals surface area contributed by atoms with Gasteiger partial charge in [-0.3, -0.25) is 19.3 Å². The predicted octanol–water partition coefficient (Wildman–Crippen LogP) is 7.65. The van der Waals surface area contributed by atoms with Gasteiger partial charge in [0.1, 0.15) is 6.61 Å². The van der Waals surface area contributed by atoms with E-state index >= 15 is 0 Å². The smallest absolute Gasteiger partial charge is 0.293 e. The number of carbonyl (C=O) groups is 3. The Morgan fingerprint density at radius 2 is 1.76 bits per heavy atom. The minimum absolute atomic E-state index is 0.209. The Labute approximate surface area is 236 Å². The largest absolute Gasteiger partial charge is 0.490 e. The van der Waals surface area contributed by atoms with E-state index in [0.29, 0.717) is 39.3 Å². The van der Waals surface area contributed by atoms with Crippen molar-refractivity contribution in [3.8, 4) is 11.5 Å². The molecule has 2 amide bonds. The predicted molar refractivity (Wildman–Crippen MR) is 150 cm³/mol. The van der Waals surface area contributed by atoms with Crippen LogP contribution in [0.5, 0.6) is 11.5 Å². The molecule has 0 saturated carbocycles. The second-order valence-corrected chi connectivity index (χ2v) is 10.6. The number of Topliss-reactive ketones (excluding diaryl/α,β-unsaturated/α-hetero) is 1. The Kier molecular flexibility index (Phi) is 8.97. The molecule has 1 aliphatic heterocycles. The molecule has 10 heteroatoms. The summed E-state index contributed by atoms with van der Waals surface area (Å²) in [5, 5.41) is 0.540. The molecule has 0 aliphatic carbocycles. The van der Waals surface area contributed by atoms with E-state index in [0.717, 1.165) is 26.7 Å². The first-order chi connectivity index (χ1) is 17.7. The van der Waals surface area contributed by atoms with Crippen molar-refractivity contribution in [2.75, 3.05) is 13.2 Å². The molecule has 0 radical (unpaired) electrons. The lowest BCUT2D eigenvalue weighted by atomic mass is 10.1. The van der Waals surface area contributed by atoms with E-state index in [1.54, 1.807) is 66.7 Å². The van der Waals surface area contributed by atoms with Crippen LogP contribution in [-0.4, -0.2) is 35.0 Å². The minimum Gasteiger partial charge on any atom is -0.490 e. The Morgan fingerprint density at radius 3 is 2.46 bits per heavy atom. The molecular weight excluding hydrogens is 601 g/mol. The van der Waals surface area contributed by atoms with E-state index in [9.17, 15) is 14.4 Å². The maximum absolute atomic E-state index is 12.9. The summed E-state index contributed by atoms with van der Waals surface area (Å²) in [6, 6.07) is 17.1. The summed E-state index contributed by atoms with van der Waals surface area (Å²) < 4.78 is 12.5. The van der Waals surface area contributed by atoms with Crippen LogP contribution in [-0.2, 0) is 11.4 Å². The molecule has 0 atom stereocenters. The van der Waals surface area contributed by atoms with E-state index < -0.39 is 11.1 Å². The number of hydrogen-bond acceptors (Lipinski definition) is 6. The topological polar surface area (TPSA) is 72.9 Å². The zero-order valence-electron chi connectivity index (χ0n) is 19.5. The third-order valence-corrected chi connectivity index (χ3v) is 7.33. The van der Waals surface area contributed by atoms with Crippen molar-refractivity contribution >= 4 is 73.9 Å². The summed E-state index contributed by atoms with van der Waals surface area (Å²) in [6.45, 7) is 2.13. The Bertz CT molecular complexity index is 1390. The highest BCUT2D eigenvalue weighted by atomic mass is 79.9. The summed E-state index contributed by atoms with van der Waals surface area (Å²) in [4.78, 5) is 39.2. The maximum atomic E-state index is 12.9. The van der Waals surface area contributed by atoms with Crippen LogP contribution < -0.4 is 9.47 Å². The molecule has 1 saturated heterocycles. The minimum atomic E-state index is -0.517. The maximum Gasteiger partial charge on any atom is 0.293 e. The summed E-state index contributed by atoms with van der Waals surface area (Å²) in [7, 11) is 0. The molecular formula is C27H20BrCl2NO5S. The van der Waals surface area contributed by atoms with Crippen LogP contribution in [0.3, 0.4) is 0 Å². The van der Waals surface area contributed by atoms with Gasteiger partial charge in [-0.25, -0.2) is 0 Å². The average molecular weight is 621 g/mol. The van der Waals surface area contributed by atoms with Crippen LogP contribution in [0.15, 0.2) is 70.0 Å². The van der Waals surface area contributed by atoms with Crippen molar-refractivity contribution in [3.05, 3.63) is 96.8 Å². The van der Waals surface area contributed by atoms with Crippen molar-refractivity contribution in [1.29, 1.82) is 0 Å². The lowest BCUT2D eigenvalue weighted by Gasteiger charge is -2.14. The monoisotopic (exact) mass is 619 g/mol. The highest BCUT2D eigenvalue weighted by Crippen LogP contribution is 2.35. The molecule has 0 bridgehead atoms. The number of halogens is 3. The fraction of sp³-hybridized carbons (Fsp3) is 0.148. The molecule has 0 spiro atoms. The van der Waals surface area contributed by atoms with Crippen molar-refractivity contribution in [2.24, 2.45) is 0 Å². The number of ether oxygens (including phenoxy) is 2. The Morgan fingerprint density at radius 1 is 1.00 bits per heavy atom. The van der Waals surface area contributed by atoms with Gasteiger partial charge in [0, 0.05) is 25.6 Å². The van der Waals surface area contributed by atoms with Gasteiger partial charge >= 0.3 is 0 Å². The van der Waals surface area contributed by atoms with E-state index in [-0.39, 0.29) is 23.8 Å².